The van der Waals surface area contributed by atoms with Crippen LogP contribution in [0.5, 0.6) is 5.75 Å². The van der Waals surface area contributed by atoms with Crippen molar-refractivity contribution in [1.29, 1.82) is 0 Å². The van der Waals surface area contributed by atoms with Gasteiger partial charge in [-0.25, -0.2) is 0 Å². The van der Waals surface area contributed by atoms with Crippen LogP contribution in [-0.2, 0) is 4.74 Å². The lowest BCUT2D eigenvalue weighted by atomic mass is 9.87. The Morgan fingerprint density at radius 2 is 1.78 bits per heavy atom. The number of hydrogen-bond acceptors (Lipinski definition) is 3. The van der Waals surface area contributed by atoms with Crippen LogP contribution in [-0.4, -0.2) is 25.1 Å². The lowest BCUT2D eigenvalue weighted by Crippen LogP contribution is -2.40. The van der Waals surface area contributed by atoms with Gasteiger partial charge in [-0.2, -0.15) is 0 Å². The maximum absolute atomic E-state index is 12.7. The van der Waals surface area contributed by atoms with E-state index in [1.165, 1.54) is 0 Å². The summed E-state index contributed by atoms with van der Waals surface area (Å²) in [6, 6.07) is 7.29. The van der Waals surface area contributed by atoms with Crippen LogP contribution in [0, 0.1) is 0 Å². The molecular formula is C15H22O3. The molecule has 1 aromatic carbocycles. The Morgan fingerprint density at radius 1 is 1.17 bits per heavy atom. The number of methoxy groups -OCH3 is 1. The highest BCUT2D eigenvalue weighted by atomic mass is 16.5. The van der Waals surface area contributed by atoms with E-state index in [0.717, 1.165) is 0 Å². The second kappa shape index (κ2) is 6.55. The monoisotopic (exact) mass is 250 g/mol. The average Bonchev–Trinajstić information content (AvgIpc) is 2.44. The number of carbonyl (C=O) groups excluding carboxylic acids is 1. The van der Waals surface area contributed by atoms with Crippen LogP contribution in [0.15, 0.2) is 24.3 Å². The molecular weight excluding hydrogens is 228 g/mol. The quantitative estimate of drug-likeness (QED) is 0.695. The third kappa shape index (κ3) is 2.72. The van der Waals surface area contributed by atoms with Crippen molar-refractivity contribution in [2.75, 3.05) is 13.7 Å². The maximum atomic E-state index is 12.7. The molecule has 0 radical (unpaired) electrons. The Bertz CT molecular complexity index is 394. The molecule has 100 valence electrons. The van der Waals surface area contributed by atoms with Crippen LogP contribution >= 0.6 is 0 Å². The number of rotatable bonds is 7. The molecule has 3 nitrogen and oxygen atoms in total. The zero-order valence-corrected chi connectivity index (χ0v) is 11.7. The first-order valence-electron chi connectivity index (χ1n) is 6.47. The lowest BCUT2D eigenvalue weighted by Gasteiger charge is -2.30. The van der Waals surface area contributed by atoms with Crippen LogP contribution in [0.1, 0.15) is 44.0 Å². The number of ether oxygens (including phenoxy) is 2. The minimum absolute atomic E-state index is 0.00630. The fourth-order valence-corrected chi connectivity index (χ4v) is 2.19. The molecule has 0 spiro atoms. The summed E-state index contributed by atoms with van der Waals surface area (Å²) in [6.45, 7) is 6.40. The Labute approximate surface area is 109 Å². The van der Waals surface area contributed by atoms with E-state index in [2.05, 4.69) is 0 Å². The highest BCUT2D eigenvalue weighted by molar-refractivity contribution is 6.04. The first kappa shape index (κ1) is 14.7. The van der Waals surface area contributed by atoms with Gasteiger partial charge in [-0.3, -0.25) is 4.79 Å². The molecule has 1 aromatic rings. The minimum Gasteiger partial charge on any atom is -0.496 e. The molecule has 3 heteroatoms. The number of benzene rings is 1. The molecule has 0 amide bonds. The second-order valence-corrected chi connectivity index (χ2v) is 4.16. The number of ketones is 1. The van der Waals surface area contributed by atoms with Crippen molar-refractivity contribution < 1.29 is 14.3 Å². The molecule has 0 saturated heterocycles. The van der Waals surface area contributed by atoms with E-state index in [9.17, 15) is 4.79 Å². The highest BCUT2D eigenvalue weighted by Gasteiger charge is 2.37. The van der Waals surface area contributed by atoms with Gasteiger partial charge < -0.3 is 9.47 Å². The van der Waals surface area contributed by atoms with Crippen molar-refractivity contribution >= 4 is 5.78 Å². The van der Waals surface area contributed by atoms with Crippen LogP contribution in [0.4, 0.5) is 0 Å². The van der Waals surface area contributed by atoms with E-state index in [1.807, 2.05) is 32.9 Å². The maximum Gasteiger partial charge on any atom is 0.198 e. The molecule has 0 aromatic heterocycles. The van der Waals surface area contributed by atoms with Gasteiger partial charge in [0.1, 0.15) is 11.4 Å². The number of hydrogen-bond donors (Lipinski definition) is 0. The van der Waals surface area contributed by atoms with E-state index in [0.29, 0.717) is 30.8 Å². The van der Waals surface area contributed by atoms with Gasteiger partial charge in [0, 0.05) is 6.61 Å². The van der Waals surface area contributed by atoms with Crippen LogP contribution in [0.2, 0.25) is 0 Å². The van der Waals surface area contributed by atoms with Gasteiger partial charge in [0.2, 0.25) is 0 Å². The number of carbonyl (C=O) groups is 1. The molecule has 1 rings (SSSR count). The molecule has 0 aliphatic rings. The smallest absolute Gasteiger partial charge is 0.198 e. The molecule has 0 unspecified atom stereocenters. The molecule has 0 atom stereocenters. The SMILES string of the molecule is CCOC(CC)(CC)C(=O)c1ccccc1OC. The van der Waals surface area contributed by atoms with Gasteiger partial charge in [0.15, 0.2) is 5.78 Å². The molecule has 18 heavy (non-hydrogen) atoms. The van der Waals surface area contributed by atoms with Gasteiger partial charge in [0.25, 0.3) is 0 Å². The normalized spacial score (nSPS) is 11.3. The van der Waals surface area contributed by atoms with Gasteiger partial charge in [-0.1, -0.05) is 26.0 Å². The van der Waals surface area contributed by atoms with Gasteiger partial charge in [0.05, 0.1) is 12.7 Å². The minimum atomic E-state index is -0.733. The molecule has 0 aliphatic carbocycles. The average molecular weight is 250 g/mol. The van der Waals surface area contributed by atoms with E-state index < -0.39 is 5.60 Å². The van der Waals surface area contributed by atoms with Crippen LogP contribution in [0.25, 0.3) is 0 Å². The Morgan fingerprint density at radius 3 is 2.28 bits per heavy atom. The van der Waals surface area contributed by atoms with Crippen LogP contribution in [0.3, 0.4) is 0 Å². The summed E-state index contributed by atoms with van der Waals surface area (Å²) in [5, 5.41) is 0. The summed E-state index contributed by atoms with van der Waals surface area (Å²) in [4.78, 5) is 12.7. The fourth-order valence-electron chi connectivity index (χ4n) is 2.19. The van der Waals surface area contributed by atoms with Crippen molar-refractivity contribution in [3.05, 3.63) is 29.8 Å². The van der Waals surface area contributed by atoms with Gasteiger partial charge in [-0.15, -0.1) is 0 Å². The van der Waals surface area contributed by atoms with E-state index in [1.54, 1.807) is 19.2 Å². The van der Waals surface area contributed by atoms with Crippen molar-refractivity contribution in [3.8, 4) is 5.75 Å². The van der Waals surface area contributed by atoms with Crippen molar-refractivity contribution in [3.63, 3.8) is 0 Å². The number of Topliss-reactive ketones (excluding diaryl/α,β-unsaturated/α-hetero) is 1. The zero-order valence-electron chi connectivity index (χ0n) is 11.7. The largest absolute Gasteiger partial charge is 0.496 e. The predicted molar refractivity (Wildman–Crippen MR) is 72.3 cm³/mol. The van der Waals surface area contributed by atoms with E-state index in [-0.39, 0.29) is 5.78 Å². The third-order valence-corrected chi connectivity index (χ3v) is 3.33. The third-order valence-electron chi connectivity index (χ3n) is 3.33. The topological polar surface area (TPSA) is 35.5 Å². The van der Waals surface area contributed by atoms with Crippen molar-refractivity contribution in [2.24, 2.45) is 0 Å². The summed E-state index contributed by atoms with van der Waals surface area (Å²) in [5.41, 5.74) is -0.138. The summed E-state index contributed by atoms with van der Waals surface area (Å²) in [6.07, 6.45) is 1.32. The standard InChI is InChI=1S/C15H22O3/c1-5-15(6-2,18-7-3)14(16)12-10-8-9-11-13(12)17-4/h8-11H,5-7H2,1-4H3. The molecule has 0 fully saturated rings. The molecule has 0 bridgehead atoms. The summed E-state index contributed by atoms with van der Waals surface area (Å²) in [5.74, 6) is 0.611. The second-order valence-electron chi connectivity index (χ2n) is 4.16. The van der Waals surface area contributed by atoms with E-state index in [4.69, 9.17) is 9.47 Å². The lowest BCUT2D eigenvalue weighted by molar-refractivity contribution is -0.0251. The molecule has 0 aliphatic heterocycles. The molecule has 0 N–H and O–H groups in total. The summed E-state index contributed by atoms with van der Waals surface area (Å²) < 4.78 is 11.0. The Balaban J connectivity index is 3.17. The Kier molecular flexibility index (Phi) is 5.35. The predicted octanol–water partition coefficient (Wildman–Crippen LogP) is 3.47. The molecule has 0 heterocycles. The summed E-state index contributed by atoms with van der Waals surface area (Å²) >= 11 is 0. The molecule has 0 saturated carbocycles. The van der Waals surface area contributed by atoms with Crippen molar-refractivity contribution in [1.82, 2.24) is 0 Å². The van der Waals surface area contributed by atoms with Gasteiger partial charge in [-0.05, 0) is 31.9 Å². The first-order valence-corrected chi connectivity index (χ1v) is 6.47. The van der Waals surface area contributed by atoms with Gasteiger partial charge >= 0.3 is 0 Å². The van der Waals surface area contributed by atoms with E-state index >= 15 is 0 Å². The first-order chi connectivity index (χ1) is 8.65. The zero-order chi connectivity index (χ0) is 13.6. The Hall–Kier alpha value is -1.35. The van der Waals surface area contributed by atoms with Crippen molar-refractivity contribution in [2.45, 2.75) is 39.2 Å². The van der Waals surface area contributed by atoms with Crippen LogP contribution < -0.4 is 4.74 Å². The summed E-state index contributed by atoms with van der Waals surface area (Å²) in [7, 11) is 1.58. The fraction of sp³-hybridized carbons (Fsp3) is 0.533. The number of para-hydroxylation sites is 1. The highest BCUT2D eigenvalue weighted by Crippen LogP contribution is 2.29.